The van der Waals surface area contributed by atoms with Crippen LogP contribution >= 0.6 is 0 Å². The Bertz CT molecular complexity index is 1010. The van der Waals surface area contributed by atoms with Crippen LogP contribution in [-0.2, 0) is 25.5 Å². The largest absolute Gasteiger partial charge is 0.373 e. The minimum Gasteiger partial charge on any atom is -0.373 e. The minimum atomic E-state index is -0.477. The Morgan fingerprint density at radius 3 is 2.85 bits per heavy atom. The highest BCUT2D eigenvalue weighted by Crippen LogP contribution is 2.40. The van der Waals surface area contributed by atoms with Crippen LogP contribution in [0.15, 0.2) is 36.5 Å². The number of nitrogens with one attached hydrogen (secondary N) is 1. The number of pyridine rings is 1. The molecule has 3 aliphatic heterocycles. The summed E-state index contributed by atoms with van der Waals surface area (Å²) in [4.78, 5) is 20.1. The van der Waals surface area contributed by atoms with Crippen LogP contribution in [0.25, 0.3) is 0 Å². The van der Waals surface area contributed by atoms with Gasteiger partial charge in [-0.3, -0.25) is 4.79 Å². The molecule has 2 saturated heterocycles. The lowest BCUT2D eigenvalue weighted by molar-refractivity contribution is -0.143. The molecule has 7 nitrogen and oxygen atoms in total. The zero-order chi connectivity index (χ0) is 22.9. The summed E-state index contributed by atoms with van der Waals surface area (Å²) in [6.45, 7) is 7.05. The Kier molecular flexibility index (Phi) is 6.36. The minimum absolute atomic E-state index is 0. The topological polar surface area (TPSA) is 72.9 Å². The van der Waals surface area contributed by atoms with E-state index in [4.69, 9.17) is 14.2 Å². The van der Waals surface area contributed by atoms with Crippen molar-refractivity contribution < 1.29 is 20.4 Å². The number of nitrogens with zero attached hydrogens (tertiary/aromatic N) is 2. The molecular formula is C26H35N3O4. The van der Waals surface area contributed by atoms with Gasteiger partial charge in [0.2, 0.25) is 0 Å². The molecule has 2 fully saturated rings. The van der Waals surface area contributed by atoms with Crippen LogP contribution in [-0.4, -0.2) is 41.9 Å². The van der Waals surface area contributed by atoms with E-state index in [1.807, 2.05) is 36.9 Å². The van der Waals surface area contributed by atoms with Gasteiger partial charge in [0.25, 0.3) is 5.91 Å². The fourth-order valence-electron chi connectivity index (χ4n) is 4.97. The molecule has 2 aromatic rings. The Morgan fingerprint density at radius 1 is 1.24 bits per heavy atom. The summed E-state index contributed by atoms with van der Waals surface area (Å²) in [6.07, 6.45) is 5.32. The van der Waals surface area contributed by atoms with Gasteiger partial charge >= 0.3 is 0 Å². The molecule has 3 aliphatic rings. The van der Waals surface area contributed by atoms with Crippen LogP contribution in [0.1, 0.15) is 65.1 Å². The molecule has 1 amide bonds. The van der Waals surface area contributed by atoms with Crippen molar-refractivity contribution in [2.75, 3.05) is 16.8 Å². The molecule has 4 heterocycles. The summed E-state index contributed by atoms with van der Waals surface area (Å²) in [6, 6.07) is 10.1. The summed E-state index contributed by atoms with van der Waals surface area (Å²) >= 11 is 0. The average molecular weight is 454 g/mol. The molecule has 5 rings (SSSR count). The monoisotopic (exact) mass is 453 g/mol. The van der Waals surface area contributed by atoms with Crippen LogP contribution in [0.2, 0.25) is 0 Å². The lowest BCUT2D eigenvalue weighted by atomic mass is 10.0. The number of hydrogen-bond acceptors (Lipinski definition) is 6. The molecule has 1 aromatic heterocycles. The van der Waals surface area contributed by atoms with Crippen LogP contribution in [0.5, 0.6) is 0 Å². The van der Waals surface area contributed by atoms with Crippen LogP contribution in [0, 0.1) is 0 Å². The molecule has 1 N–H and O–H groups in total. The quantitative estimate of drug-likeness (QED) is 0.692. The first-order chi connectivity index (χ1) is 16.0. The molecule has 0 bridgehead atoms. The van der Waals surface area contributed by atoms with Gasteiger partial charge in [-0.15, -0.1) is 0 Å². The zero-order valence-corrected chi connectivity index (χ0v) is 19.6. The first kappa shape index (κ1) is 22.3. The fourth-order valence-corrected chi connectivity index (χ4v) is 4.97. The number of carbonyl (C=O) groups is 1. The molecule has 0 saturated carbocycles. The van der Waals surface area contributed by atoms with Gasteiger partial charge < -0.3 is 24.4 Å². The van der Waals surface area contributed by atoms with Crippen molar-refractivity contribution >= 4 is 23.1 Å². The number of anilines is 3. The molecule has 0 radical (unpaired) electrons. The first-order valence-corrected chi connectivity index (χ1v) is 12.1. The molecule has 0 unspecified atom stereocenters. The van der Waals surface area contributed by atoms with E-state index in [9.17, 15) is 4.79 Å². The van der Waals surface area contributed by atoms with E-state index < -0.39 is 6.10 Å². The maximum Gasteiger partial charge on any atom is 0.256 e. The van der Waals surface area contributed by atoms with Gasteiger partial charge in [0.15, 0.2) is 0 Å². The van der Waals surface area contributed by atoms with Gasteiger partial charge in [-0.2, -0.15) is 0 Å². The maximum absolute atomic E-state index is 13.8. The van der Waals surface area contributed by atoms with E-state index in [1.54, 1.807) is 6.20 Å². The van der Waals surface area contributed by atoms with E-state index in [-0.39, 0.29) is 31.7 Å². The van der Waals surface area contributed by atoms with E-state index in [0.717, 1.165) is 47.6 Å². The molecule has 33 heavy (non-hydrogen) atoms. The normalized spacial score (nSPS) is 27.0. The van der Waals surface area contributed by atoms with Crippen molar-refractivity contribution in [3.05, 3.63) is 47.7 Å². The third-order valence-electron chi connectivity index (χ3n) is 6.63. The highest BCUT2D eigenvalue weighted by atomic mass is 16.5. The Morgan fingerprint density at radius 2 is 2.12 bits per heavy atom. The third-order valence-corrected chi connectivity index (χ3v) is 6.63. The van der Waals surface area contributed by atoms with Crippen molar-refractivity contribution in [3.63, 3.8) is 0 Å². The second kappa shape index (κ2) is 9.41. The third kappa shape index (κ3) is 4.76. The van der Waals surface area contributed by atoms with Crippen molar-refractivity contribution in [1.29, 1.82) is 0 Å². The zero-order valence-electron chi connectivity index (χ0n) is 19.6. The Balaban J connectivity index is 0.00000274. The number of aromatic nitrogens is 1. The van der Waals surface area contributed by atoms with Crippen LogP contribution in [0.4, 0.5) is 17.2 Å². The number of fused-ring (bicyclic) bond motifs is 2. The van der Waals surface area contributed by atoms with Crippen molar-refractivity contribution in [3.8, 4) is 0 Å². The lowest BCUT2D eigenvalue weighted by Gasteiger charge is -2.33. The number of carbonyl (C=O) groups excluding carboxylic acids is 1. The second-order valence-corrected chi connectivity index (χ2v) is 9.56. The van der Waals surface area contributed by atoms with E-state index in [0.29, 0.717) is 19.6 Å². The Labute approximate surface area is 196 Å². The van der Waals surface area contributed by atoms with E-state index in [1.165, 1.54) is 0 Å². The lowest BCUT2D eigenvalue weighted by Crippen LogP contribution is -2.44. The molecule has 0 spiro atoms. The predicted octanol–water partition coefficient (Wildman–Crippen LogP) is 5.13. The predicted molar refractivity (Wildman–Crippen MR) is 129 cm³/mol. The number of benzene rings is 1. The average Bonchev–Trinajstić information content (AvgIpc) is 3.17. The van der Waals surface area contributed by atoms with Gasteiger partial charge in [0, 0.05) is 13.2 Å². The van der Waals surface area contributed by atoms with Gasteiger partial charge in [-0.05, 0) is 70.2 Å². The van der Waals surface area contributed by atoms with Crippen LogP contribution < -0.4 is 10.2 Å². The van der Waals surface area contributed by atoms with Gasteiger partial charge in [0.05, 0.1) is 48.9 Å². The summed E-state index contributed by atoms with van der Waals surface area (Å²) < 4.78 is 18.0. The van der Waals surface area contributed by atoms with Gasteiger partial charge in [-0.25, -0.2) is 4.98 Å². The fraction of sp³-hybridized carbons (Fsp3) is 0.538. The van der Waals surface area contributed by atoms with E-state index in [2.05, 4.69) is 29.4 Å². The SMILES string of the molecule is CC(C)O[C@H]1CC[C@H](C(=O)N2Cc3cccnc3Nc3ccc([C@@H]4CC[C@H](C)O4)cc32)OC1.[HH]. The van der Waals surface area contributed by atoms with Crippen LogP contribution in [0.3, 0.4) is 0 Å². The molecule has 178 valence electrons. The maximum atomic E-state index is 13.8. The van der Waals surface area contributed by atoms with Crippen molar-refractivity contribution in [1.82, 2.24) is 4.98 Å². The summed E-state index contributed by atoms with van der Waals surface area (Å²) in [5.74, 6) is 0.762. The number of rotatable bonds is 4. The Hall–Kier alpha value is -2.48. The van der Waals surface area contributed by atoms with Crippen molar-refractivity contribution in [2.45, 2.75) is 83.5 Å². The number of amides is 1. The second-order valence-electron chi connectivity index (χ2n) is 9.56. The number of ether oxygens (including phenoxy) is 3. The van der Waals surface area contributed by atoms with Gasteiger partial charge in [-0.1, -0.05) is 12.1 Å². The summed E-state index contributed by atoms with van der Waals surface area (Å²) in [5.41, 5.74) is 3.80. The highest BCUT2D eigenvalue weighted by Gasteiger charge is 2.35. The molecule has 7 heteroatoms. The highest BCUT2D eigenvalue weighted by molar-refractivity contribution is 6.01. The summed E-state index contributed by atoms with van der Waals surface area (Å²) in [7, 11) is 0. The molecule has 0 aliphatic carbocycles. The molecular weight excluding hydrogens is 418 g/mol. The molecule has 4 atom stereocenters. The van der Waals surface area contributed by atoms with E-state index >= 15 is 0 Å². The standard InChI is InChI=1S/C26H33N3O4.H2/c1-16(2)32-20-8-11-24(31-15-20)26(30)29-14-19-5-4-12-27-25(19)28-21-9-7-18(13-22(21)29)23-10-6-17(3)33-23;/h4-5,7,9,12-13,16-17,20,23-24H,6,8,10-11,14-15H2,1-3H3,(H,27,28);1H/t17-,20-,23-,24+;/m0./s1. The van der Waals surface area contributed by atoms with Crippen molar-refractivity contribution in [2.24, 2.45) is 0 Å². The smallest absolute Gasteiger partial charge is 0.256 e. The molecule has 1 aromatic carbocycles. The van der Waals surface area contributed by atoms with Gasteiger partial charge in [0.1, 0.15) is 11.9 Å². The first-order valence-electron chi connectivity index (χ1n) is 12.1. The number of hydrogen-bond donors (Lipinski definition) is 1. The summed E-state index contributed by atoms with van der Waals surface area (Å²) in [5, 5.41) is 3.44.